The molecule has 0 aromatic carbocycles. The number of methoxy groups -OCH3 is 1. The van der Waals surface area contributed by atoms with Crippen LogP contribution in [0.2, 0.25) is 0 Å². The van der Waals surface area contributed by atoms with Gasteiger partial charge >= 0.3 is 5.97 Å². The van der Waals surface area contributed by atoms with Crippen molar-refractivity contribution in [2.24, 2.45) is 11.3 Å². The highest BCUT2D eigenvalue weighted by atomic mass is 16.5. The van der Waals surface area contributed by atoms with E-state index in [4.69, 9.17) is 0 Å². The molecule has 0 aromatic rings. The number of nitrogens with one attached hydrogen (secondary N) is 1. The van der Waals surface area contributed by atoms with E-state index in [0.717, 1.165) is 0 Å². The summed E-state index contributed by atoms with van der Waals surface area (Å²) in [6.07, 6.45) is 2.95. The van der Waals surface area contributed by atoms with Crippen LogP contribution in [0.25, 0.3) is 0 Å². The Balaban J connectivity index is 2.80. The molecular formula is C10H15NO3. The Morgan fingerprint density at radius 3 is 2.79 bits per heavy atom. The third-order valence-corrected chi connectivity index (χ3v) is 2.74. The zero-order chi connectivity index (χ0) is 10.8. The summed E-state index contributed by atoms with van der Waals surface area (Å²) >= 11 is 0. The second-order valence-electron chi connectivity index (χ2n) is 3.47. The highest BCUT2D eigenvalue weighted by Crippen LogP contribution is 2.55. The van der Waals surface area contributed by atoms with Crippen molar-refractivity contribution in [2.45, 2.75) is 12.8 Å². The van der Waals surface area contributed by atoms with Crippen LogP contribution in [0.1, 0.15) is 12.8 Å². The molecule has 1 saturated carbocycles. The molecule has 1 N–H and O–H groups in total. The quantitative estimate of drug-likeness (QED) is 0.405. The predicted molar refractivity (Wildman–Crippen MR) is 51.4 cm³/mol. The van der Waals surface area contributed by atoms with Gasteiger partial charge in [-0.3, -0.25) is 9.59 Å². The van der Waals surface area contributed by atoms with E-state index in [1.165, 1.54) is 14.2 Å². The van der Waals surface area contributed by atoms with Crippen molar-refractivity contribution in [2.75, 3.05) is 14.2 Å². The van der Waals surface area contributed by atoms with Crippen molar-refractivity contribution in [3.8, 4) is 0 Å². The molecule has 0 heterocycles. The lowest BCUT2D eigenvalue weighted by Crippen LogP contribution is -2.37. The molecular weight excluding hydrogens is 182 g/mol. The minimum Gasteiger partial charge on any atom is -0.468 e. The minimum absolute atomic E-state index is 0.0485. The van der Waals surface area contributed by atoms with Gasteiger partial charge in [0.2, 0.25) is 5.91 Å². The topological polar surface area (TPSA) is 55.4 Å². The molecule has 1 amide bonds. The summed E-state index contributed by atoms with van der Waals surface area (Å²) in [6.45, 7) is 3.59. The standard InChI is InChI=1S/C10H15NO3/c1-4-5-7-6-10(7,8(12)11-2)9(13)14-3/h4,7H,1,5-6H2,2-3H3,(H,11,12). The lowest BCUT2D eigenvalue weighted by atomic mass is 10.0. The molecule has 1 aliphatic carbocycles. The summed E-state index contributed by atoms with van der Waals surface area (Å²) < 4.78 is 4.64. The Labute approximate surface area is 83.3 Å². The number of amides is 1. The summed E-state index contributed by atoms with van der Waals surface area (Å²) in [5.41, 5.74) is -0.947. The van der Waals surface area contributed by atoms with Gasteiger partial charge in [-0.05, 0) is 18.8 Å². The second kappa shape index (κ2) is 3.82. The zero-order valence-electron chi connectivity index (χ0n) is 8.50. The van der Waals surface area contributed by atoms with Gasteiger partial charge in [-0.15, -0.1) is 6.58 Å². The number of carbonyl (C=O) groups excluding carboxylic acids is 2. The molecule has 0 aromatic heterocycles. The summed E-state index contributed by atoms with van der Waals surface area (Å²) in [5, 5.41) is 2.50. The maximum Gasteiger partial charge on any atom is 0.321 e. The van der Waals surface area contributed by atoms with Crippen LogP contribution in [-0.4, -0.2) is 26.0 Å². The van der Waals surface area contributed by atoms with Crippen molar-refractivity contribution in [1.82, 2.24) is 5.32 Å². The number of hydrogen-bond donors (Lipinski definition) is 1. The first-order chi connectivity index (χ1) is 6.63. The first-order valence-electron chi connectivity index (χ1n) is 4.55. The van der Waals surface area contributed by atoms with E-state index in [-0.39, 0.29) is 11.8 Å². The third kappa shape index (κ3) is 1.41. The third-order valence-electron chi connectivity index (χ3n) is 2.74. The summed E-state index contributed by atoms with van der Waals surface area (Å²) in [6, 6.07) is 0. The molecule has 1 aliphatic rings. The Kier molecular flexibility index (Phi) is 2.93. The van der Waals surface area contributed by atoms with Crippen LogP contribution in [0.15, 0.2) is 12.7 Å². The first-order valence-corrected chi connectivity index (χ1v) is 4.55. The number of carbonyl (C=O) groups is 2. The number of ether oxygens (including phenoxy) is 1. The molecule has 2 unspecified atom stereocenters. The Hall–Kier alpha value is -1.32. The minimum atomic E-state index is -0.947. The van der Waals surface area contributed by atoms with E-state index >= 15 is 0 Å². The van der Waals surface area contributed by atoms with Gasteiger partial charge in [0.05, 0.1) is 7.11 Å². The molecule has 0 bridgehead atoms. The van der Waals surface area contributed by atoms with Gasteiger partial charge < -0.3 is 10.1 Å². The Morgan fingerprint density at radius 2 is 2.36 bits per heavy atom. The lowest BCUT2D eigenvalue weighted by Gasteiger charge is -2.12. The number of hydrogen-bond acceptors (Lipinski definition) is 3. The first kappa shape index (κ1) is 10.8. The fourth-order valence-corrected chi connectivity index (χ4v) is 1.84. The molecule has 78 valence electrons. The summed E-state index contributed by atoms with van der Waals surface area (Å²) in [4.78, 5) is 23.0. The lowest BCUT2D eigenvalue weighted by molar-refractivity contribution is -0.152. The van der Waals surface area contributed by atoms with Crippen LogP contribution >= 0.6 is 0 Å². The fraction of sp³-hybridized carbons (Fsp3) is 0.600. The SMILES string of the molecule is C=CCC1CC1(C(=O)NC)C(=O)OC. The zero-order valence-corrected chi connectivity index (χ0v) is 8.50. The Bertz CT molecular complexity index is 257. The van der Waals surface area contributed by atoms with Crippen molar-refractivity contribution in [1.29, 1.82) is 0 Å². The van der Waals surface area contributed by atoms with Gasteiger partial charge in [-0.25, -0.2) is 0 Å². The molecule has 1 fully saturated rings. The smallest absolute Gasteiger partial charge is 0.321 e. The Morgan fingerprint density at radius 1 is 1.71 bits per heavy atom. The van der Waals surface area contributed by atoms with E-state index in [9.17, 15) is 9.59 Å². The number of allylic oxidation sites excluding steroid dienone is 1. The number of rotatable bonds is 4. The van der Waals surface area contributed by atoms with Gasteiger partial charge in [0.15, 0.2) is 0 Å². The van der Waals surface area contributed by atoms with Crippen molar-refractivity contribution < 1.29 is 14.3 Å². The highest BCUT2D eigenvalue weighted by Gasteiger charge is 2.65. The normalized spacial score (nSPS) is 29.1. The van der Waals surface area contributed by atoms with Gasteiger partial charge in [0.25, 0.3) is 0 Å². The highest BCUT2D eigenvalue weighted by molar-refractivity contribution is 6.06. The van der Waals surface area contributed by atoms with Gasteiger partial charge in [-0.1, -0.05) is 6.08 Å². The van der Waals surface area contributed by atoms with Crippen LogP contribution in [0.5, 0.6) is 0 Å². The van der Waals surface area contributed by atoms with Crippen LogP contribution in [-0.2, 0) is 14.3 Å². The van der Waals surface area contributed by atoms with E-state index < -0.39 is 11.4 Å². The van der Waals surface area contributed by atoms with E-state index in [1.807, 2.05) is 0 Å². The molecule has 4 heteroatoms. The van der Waals surface area contributed by atoms with Crippen LogP contribution in [0.3, 0.4) is 0 Å². The van der Waals surface area contributed by atoms with Gasteiger partial charge in [0.1, 0.15) is 5.41 Å². The molecule has 4 nitrogen and oxygen atoms in total. The maximum atomic E-state index is 11.5. The van der Waals surface area contributed by atoms with E-state index in [1.54, 1.807) is 6.08 Å². The molecule has 0 saturated heterocycles. The van der Waals surface area contributed by atoms with Crippen molar-refractivity contribution in [3.05, 3.63) is 12.7 Å². The largest absolute Gasteiger partial charge is 0.468 e. The maximum absolute atomic E-state index is 11.5. The summed E-state index contributed by atoms with van der Waals surface area (Å²) in [5.74, 6) is -0.646. The van der Waals surface area contributed by atoms with Crippen molar-refractivity contribution in [3.63, 3.8) is 0 Å². The molecule has 1 rings (SSSR count). The monoisotopic (exact) mass is 197 g/mol. The van der Waals surface area contributed by atoms with E-state index in [0.29, 0.717) is 12.8 Å². The van der Waals surface area contributed by atoms with Crippen molar-refractivity contribution >= 4 is 11.9 Å². The van der Waals surface area contributed by atoms with Gasteiger partial charge in [-0.2, -0.15) is 0 Å². The molecule has 0 aliphatic heterocycles. The average molecular weight is 197 g/mol. The van der Waals surface area contributed by atoms with Crippen LogP contribution in [0.4, 0.5) is 0 Å². The molecule has 0 spiro atoms. The van der Waals surface area contributed by atoms with Crippen LogP contribution < -0.4 is 5.32 Å². The molecule has 2 atom stereocenters. The van der Waals surface area contributed by atoms with E-state index in [2.05, 4.69) is 16.6 Å². The van der Waals surface area contributed by atoms with Crippen LogP contribution in [0, 0.1) is 11.3 Å². The number of esters is 1. The summed E-state index contributed by atoms with van der Waals surface area (Å²) in [7, 11) is 2.83. The fourth-order valence-electron chi connectivity index (χ4n) is 1.84. The predicted octanol–water partition coefficient (Wildman–Crippen LogP) is 0.488. The average Bonchev–Trinajstić information content (AvgIpc) is 2.92. The molecule has 14 heavy (non-hydrogen) atoms. The second-order valence-corrected chi connectivity index (χ2v) is 3.47. The van der Waals surface area contributed by atoms with Gasteiger partial charge in [0, 0.05) is 7.05 Å². The molecule has 0 radical (unpaired) electrons.